The number of rotatable bonds is 0. The highest BCUT2D eigenvalue weighted by molar-refractivity contribution is 6.14. The molecule has 0 saturated carbocycles. The molecule has 0 aromatic heterocycles. The summed E-state index contributed by atoms with van der Waals surface area (Å²) in [5.74, 6) is 0. The first-order chi connectivity index (χ1) is 6.16. The summed E-state index contributed by atoms with van der Waals surface area (Å²) in [5.41, 5.74) is 5.01. The molecule has 13 heavy (non-hydrogen) atoms. The molecule has 0 bridgehead atoms. The largest absolute Gasteiger partial charge is 0.285 e. The van der Waals surface area contributed by atoms with Crippen LogP contribution in [0.3, 0.4) is 0 Å². The molecule has 1 aromatic carbocycles. The van der Waals surface area contributed by atoms with Crippen molar-refractivity contribution in [1.29, 1.82) is 0 Å². The van der Waals surface area contributed by atoms with Crippen molar-refractivity contribution in [3.63, 3.8) is 0 Å². The first-order valence-corrected chi connectivity index (χ1v) is 4.72. The molecule has 0 unspecified atom stereocenters. The molecule has 1 aliphatic rings. The highest BCUT2D eigenvalue weighted by Gasteiger charge is 2.12. The Morgan fingerprint density at radius 3 is 2.85 bits per heavy atom. The summed E-state index contributed by atoms with van der Waals surface area (Å²) in [4.78, 5) is 0. The van der Waals surface area contributed by atoms with E-state index in [-0.39, 0.29) is 0 Å². The quantitative estimate of drug-likeness (QED) is 0.572. The molecular weight excluding hydrogens is 182 g/mol. The minimum absolute atomic E-state index is 0.805. The van der Waals surface area contributed by atoms with Gasteiger partial charge in [-0.05, 0) is 31.1 Å². The van der Waals surface area contributed by atoms with Gasteiger partial charge in [-0.15, -0.1) is 0 Å². The van der Waals surface area contributed by atoms with Gasteiger partial charge in [-0.1, -0.05) is 23.8 Å². The van der Waals surface area contributed by atoms with E-state index in [0.717, 1.165) is 12.2 Å². The van der Waals surface area contributed by atoms with Crippen LogP contribution in [0.2, 0.25) is 0 Å². The molecule has 0 spiro atoms. The summed E-state index contributed by atoms with van der Waals surface area (Å²) < 4.78 is 1.75. The molecule has 0 saturated heterocycles. The van der Waals surface area contributed by atoms with E-state index in [4.69, 9.17) is 11.8 Å². The third kappa shape index (κ3) is 1.56. The van der Waals surface area contributed by atoms with Crippen LogP contribution in [-0.4, -0.2) is 4.42 Å². The molecule has 1 aliphatic heterocycles. The van der Waals surface area contributed by atoms with E-state index in [1.807, 2.05) is 6.92 Å². The van der Waals surface area contributed by atoms with Crippen LogP contribution in [0.4, 0.5) is 0 Å². The van der Waals surface area contributed by atoms with Gasteiger partial charge in [0, 0.05) is 17.5 Å². The van der Waals surface area contributed by atoms with Gasteiger partial charge in [0.05, 0.1) is 6.54 Å². The second-order valence-electron chi connectivity index (χ2n) is 3.51. The zero-order valence-corrected chi connectivity index (χ0v) is 8.60. The van der Waals surface area contributed by atoms with Crippen LogP contribution in [-0.2, 0) is 6.54 Å². The van der Waals surface area contributed by atoms with Crippen LogP contribution in [0.1, 0.15) is 23.6 Å². The molecule has 0 atom stereocenters. The molecule has 1 heterocycles. The molecule has 0 radical (unpaired) electrons. The molecule has 0 amide bonds. The monoisotopic (exact) mass is 193 g/mol. The minimum atomic E-state index is 0.805. The van der Waals surface area contributed by atoms with Crippen molar-refractivity contribution in [2.45, 2.75) is 20.4 Å². The first-order valence-electron chi connectivity index (χ1n) is 4.38. The van der Waals surface area contributed by atoms with Gasteiger partial charge in [-0.3, -0.25) is 4.42 Å². The fourth-order valence-electron chi connectivity index (χ4n) is 1.56. The van der Waals surface area contributed by atoms with Crippen LogP contribution in [0, 0.1) is 6.92 Å². The lowest BCUT2D eigenvalue weighted by atomic mass is 10.0. The van der Waals surface area contributed by atoms with Crippen molar-refractivity contribution < 1.29 is 0 Å². The van der Waals surface area contributed by atoms with E-state index < -0.39 is 0 Å². The van der Waals surface area contributed by atoms with Crippen LogP contribution < -0.4 is 0 Å². The van der Waals surface area contributed by atoms with Gasteiger partial charge in [-0.2, -0.15) is 0 Å². The Bertz CT molecular complexity index is 368. The second kappa shape index (κ2) is 3.08. The van der Waals surface area contributed by atoms with Crippen LogP contribution >= 0.6 is 11.8 Å². The molecular formula is C11H12ClN. The number of allylic oxidation sites excluding steroid dienone is 1. The second-order valence-corrected chi connectivity index (χ2v) is 3.92. The van der Waals surface area contributed by atoms with Crippen molar-refractivity contribution in [3.05, 3.63) is 40.6 Å². The zero-order chi connectivity index (χ0) is 9.42. The maximum atomic E-state index is 6.00. The Morgan fingerprint density at radius 1 is 1.31 bits per heavy atom. The lowest BCUT2D eigenvalue weighted by Gasteiger charge is -2.23. The zero-order valence-electron chi connectivity index (χ0n) is 7.84. The number of hydrogen-bond donors (Lipinski definition) is 0. The highest BCUT2D eigenvalue weighted by Crippen LogP contribution is 2.26. The topological polar surface area (TPSA) is 3.24 Å². The van der Waals surface area contributed by atoms with E-state index in [1.165, 1.54) is 16.7 Å². The van der Waals surface area contributed by atoms with Gasteiger partial charge in [0.25, 0.3) is 0 Å². The summed E-state index contributed by atoms with van der Waals surface area (Å²) in [6.07, 6.45) is 2.12. The average Bonchev–Trinajstić information content (AvgIpc) is 2.08. The van der Waals surface area contributed by atoms with Crippen LogP contribution in [0.5, 0.6) is 0 Å². The fourth-order valence-corrected chi connectivity index (χ4v) is 1.74. The number of aryl methyl sites for hydroxylation is 1. The van der Waals surface area contributed by atoms with Gasteiger partial charge in [-0.25, -0.2) is 0 Å². The summed E-state index contributed by atoms with van der Waals surface area (Å²) in [7, 11) is 0. The number of fused-ring (bicyclic) bond motifs is 1. The van der Waals surface area contributed by atoms with E-state index in [0.29, 0.717) is 0 Å². The molecule has 0 aliphatic carbocycles. The Hall–Kier alpha value is -0.950. The van der Waals surface area contributed by atoms with Gasteiger partial charge >= 0.3 is 0 Å². The molecule has 0 N–H and O–H groups in total. The van der Waals surface area contributed by atoms with E-state index in [9.17, 15) is 0 Å². The highest BCUT2D eigenvalue weighted by atomic mass is 35.5. The molecule has 68 valence electrons. The maximum absolute atomic E-state index is 6.00. The van der Waals surface area contributed by atoms with E-state index in [2.05, 4.69) is 31.2 Å². The van der Waals surface area contributed by atoms with Crippen molar-refractivity contribution in [3.8, 4) is 0 Å². The smallest absolute Gasteiger partial charge is 0.0601 e. The molecule has 2 rings (SSSR count). The van der Waals surface area contributed by atoms with Gasteiger partial charge in [0.2, 0.25) is 0 Å². The lowest BCUT2D eigenvalue weighted by Crippen LogP contribution is -2.14. The molecule has 1 nitrogen and oxygen atoms in total. The van der Waals surface area contributed by atoms with Gasteiger partial charge in [0.1, 0.15) is 0 Å². The molecule has 2 heteroatoms. The van der Waals surface area contributed by atoms with E-state index >= 15 is 0 Å². The summed E-state index contributed by atoms with van der Waals surface area (Å²) >= 11 is 6.00. The van der Waals surface area contributed by atoms with Gasteiger partial charge in [0.15, 0.2) is 0 Å². The summed E-state index contributed by atoms with van der Waals surface area (Å²) in [6.45, 7) is 4.94. The van der Waals surface area contributed by atoms with Gasteiger partial charge < -0.3 is 0 Å². The van der Waals surface area contributed by atoms with Crippen molar-refractivity contribution in [1.82, 2.24) is 4.42 Å². The van der Waals surface area contributed by atoms with Crippen molar-refractivity contribution in [2.75, 3.05) is 0 Å². The molecule has 1 aromatic rings. The third-order valence-electron chi connectivity index (χ3n) is 2.36. The minimum Gasteiger partial charge on any atom is -0.285 e. The number of halogens is 1. The number of nitrogens with zero attached hydrogens (tertiary/aromatic N) is 1. The average molecular weight is 194 g/mol. The number of hydrogen-bond acceptors (Lipinski definition) is 1. The first kappa shape index (κ1) is 8.64. The normalized spacial score (nSPS) is 15.3. The summed E-state index contributed by atoms with van der Waals surface area (Å²) in [6, 6.07) is 6.46. The van der Waals surface area contributed by atoms with E-state index in [1.54, 1.807) is 4.42 Å². The Labute approximate surface area is 83.7 Å². The SMILES string of the molecule is CC1=Cc2cc(C)ccc2CN1Cl. The standard InChI is InChI=1S/C11H12ClN/c1-8-3-4-10-7-13(12)9(2)6-11(10)5-8/h3-6H,7H2,1-2H3. The van der Waals surface area contributed by atoms with Crippen molar-refractivity contribution >= 4 is 17.9 Å². The van der Waals surface area contributed by atoms with Crippen LogP contribution in [0.25, 0.3) is 6.08 Å². The number of benzene rings is 1. The predicted molar refractivity (Wildman–Crippen MR) is 56.2 cm³/mol. The maximum Gasteiger partial charge on any atom is 0.0601 e. The van der Waals surface area contributed by atoms with Crippen LogP contribution in [0.15, 0.2) is 23.9 Å². The Balaban J connectivity index is 2.51. The summed E-state index contributed by atoms with van der Waals surface area (Å²) in [5, 5.41) is 0. The van der Waals surface area contributed by atoms with Crippen molar-refractivity contribution in [2.24, 2.45) is 0 Å². The Morgan fingerprint density at radius 2 is 2.08 bits per heavy atom. The lowest BCUT2D eigenvalue weighted by molar-refractivity contribution is 0.548. The third-order valence-corrected chi connectivity index (χ3v) is 2.74. The fraction of sp³-hybridized carbons (Fsp3) is 0.273. The predicted octanol–water partition coefficient (Wildman–Crippen LogP) is 3.33. The molecule has 0 fully saturated rings. The Kier molecular flexibility index (Phi) is 2.04.